The summed E-state index contributed by atoms with van der Waals surface area (Å²) in [6.07, 6.45) is 3.21. The van der Waals surface area contributed by atoms with Crippen molar-refractivity contribution in [1.29, 1.82) is 0 Å². The van der Waals surface area contributed by atoms with Crippen LogP contribution < -0.4 is 10.6 Å². The number of rotatable bonds is 12. The quantitative estimate of drug-likeness (QED) is 0.204. The number of aliphatic imine (C=N–C) groups is 1. The monoisotopic (exact) mass is 489 g/mol. The van der Waals surface area contributed by atoms with Crippen LogP contribution in [0.25, 0.3) is 0 Å². The fraction of sp³-hybridized carbons (Fsp3) is 0.688. The van der Waals surface area contributed by atoms with Gasteiger partial charge in [0.25, 0.3) is 0 Å². The first-order chi connectivity index (χ1) is 11.3. The Morgan fingerprint density at radius 2 is 1.83 bits per heavy atom. The first kappa shape index (κ1) is 23.9. The lowest BCUT2D eigenvalue weighted by Crippen LogP contribution is -2.39. The molecule has 140 valence electrons. The Bertz CT molecular complexity index is 447. The molecule has 0 radical (unpaired) electrons. The Hall–Kier alpha value is -0.0900. The summed E-state index contributed by atoms with van der Waals surface area (Å²) in [7, 11) is 1.76. The van der Waals surface area contributed by atoms with Crippen molar-refractivity contribution in [2.75, 3.05) is 46.6 Å². The average molecular weight is 490 g/mol. The molecule has 0 fully saturated rings. The van der Waals surface area contributed by atoms with Crippen LogP contribution in [0.2, 0.25) is 4.34 Å². The van der Waals surface area contributed by atoms with Crippen molar-refractivity contribution in [3.8, 4) is 0 Å². The van der Waals surface area contributed by atoms with Crippen LogP contribution in [0, 0.1) is 0 Å². The molecule has 0 saturated heterocycles. The van der Waals surface area contributed by atoms with E-state index in [1.807, 2.05) is 6.07 Å². The summed E-state index contributed by atoms with van der Waals surface area (Å²) in [5.74, 6) is 0.787. The predicted molar refractivity (Wildman–Crippen MR) is 114 cm³/mol. The van der Waals surface area contributed by atoms with Gasteiger partial charge in [-0.05, 0) is 25.0 Å². The summed E-state index contributed by atoms with van der Waals surface area (Å²) in [5, 5.41) is 6.50. The van der Waals surface area contributed by atoms with Crippen LogP contribution >= 0.6 is 46.9 Å². The van der Waals surface area contributed by atoms with E-state index in [0.29, 0.717) is 19.8 Å². The number of halogens is 2. The van der Waals surface area contributed by atoms with Gasteiger partial charge in [-0.25, -0.2) is 0 Å². The molecule has 0 saturated carbocycles. The largest absolute Gasteiger partial charge is 0.379 e. The second-order valence-corrected chi connectivity index (χ2v) is 6.76. The third kappa shape index (κ3) is 12.3. The highest BCUT2D eigenvalue weighted by Crippen LogP contribution is 2.21. The molecule has 1 rings (SSSR count). The summed E-state index contributed by atoms with van der Waals surface area (Å²) < 4.78 is 11.8. The molecule has 0 aliphatic rings. The number of unbranched alkanes of at least 4 members (excludes halogenated alkanes) is 1. The van der Waals surface area contributed by atoms with Crippen LogP contribution in [0.3, 0.4) is 0 Å². The van der Waals surface area contributed by atoms with Gasteiger partial charge in [0.15, 0.2) is 5.96 Å². The molecule has 5 nitrogen and oxygen atoms in total. The summed E-state index contributed by atoms with van der Waals surface area (Å²) in [6, 6.07) is 3.99. The first-order valence-corrected chi connectivity index (χ1v) is 9.30. The lowest BCUT2D eigenvalue weighted by Gasteiger charge is -2.11. The molecule has 0 aliphatic carbocycles. The SMILES string of the molecule is CCCCOCCOCCNC(=NC)NCCc1ccc(Cl)s1.I. The molecule has 8 heteroatoms. The molecule has 24 heavy (non-hydrogen) atoms. The third-order valence-electron chi connectivity index (χ3n) is 3.07. The van der Waals surface area contributed by atoms with Gasteiger partial charge in [0.2, 0.25) is 0 Å². The molecule has 0 aliphatic heterocycles. The van der Waals surface area contributed by atoms with Crippen LogP contribution in [0.15, 0.2) is 17.1 Å². The first-order valence-electron chi connectivity index (χ1n) is 8.10. The highest BCUT2D eigenvalue weighted by atomic mass is 127. The van der Waals surface area contributed by atoms with Gasteiger partial charge in [0.1, 0.15) is 0 Å². The zero-order valence-corrected chi connectivity index (χ0v) is 18.4. The highest BCUT2D eigenvalue weighted by Gasteiger charge is 2.00. The van der Waals surface area contributed by atoms with Crippen molar-refractivity contribution in [3.05, 3.63) is 21.3 Å². The molecule has 0 atom stereocenters. The molecule has 1 aromatic rings. The number of nitrogens with one attached hydrogen (secondary N) is 2. The lowest BCUT2D eigenvalue weighted by atomic mass is 10.3. The molecule has 0 amide bonds. The van der Waals surface area contributed by atoms with E-state index in [9.17, 15) is 0 Å². The van der Waals surface area contributed by atoms with E-state index in [1.165, 1.54) is 4.88 Å². The second-order valence-electron chi connectivity index (χ2n) is 4.96. The summed E-state index contributed by atoms with van der Waals surface area (Å²) in [6.45, 7) is 6.46. The summed E-state index contributed by atoms with van der Waals surface area (Å²) >= 11 is 7.53. The Balaban J connectivity index is 0.00000529. The van der Waals surface area contributed by atoms with Crippen molar-refractivity contribution in [2.45, 2.75) is 26.2 Å². The standard InChI is InChI=1S/C16H28ClN3O2S.HI/c1-3-4-10-21-12-13-22-11-9-20-16(18-2)19-8-7-14-5-6-15(17)23-14;/h5-6H,3-4,7-13H2,1-2H3,(H2,18,19,20);1H. The van der Waals surface area contributed by atoms with Gasteiger partial charge in [0.05, 0.1) is 24.2 Å². The van der Waals surface area contributed by atoms with E-state index in [2.05, 4.69) is 28.6 Å². The third-order valence-corrected chi connectivity index (χ3v) is 4.36. The van der Waals surface area contributed by atoms with E-state index in [1.54, 1.807) is 18.4 Å². The number of nitrogens with zero attached hydrogens (tertiary/aromatic N) is 1. The maximum absolute atomic E-state index is 5.91. The van der Waals surface area contributed by atoms with E-state index in [-0.39, 0.29) is 24.0 Å². The number of hydrogen-bond donors (Lipinski definition) is 2. The van der Waals surface area contributed by atoms with Crippen molar-refractivity contribution < 1.29 is 9.47 Å². The van der Waals surface area contributed by atoms with Crippen LogP contribution in [-0.2, 0) is 15.9 Å². The minimum Gasteiger partial charge on any atom is -0.379 e. The maximum Gasteiger partial charge on any atom is 0.191 e. The fourth-order valence-electron chi connectivity index (χ4n) is 1.82. The lowest BCUT2D eigenvalue weighted by molar-refractivity contribution is 0.0487. The van der Waals surface area contributed by atoms with Crippen LogP contribution in [0.1, 0.15) is 24.6 Å². The normalized spacial score (nSPS) is 11.2. The Morgan fingerprint density at radius 3 is 2.46 bits per heavy atom. The number of ether oxygens (including phenoxy) is 2. The molecular formula is C16H29ClIN3O2S. The second kappa shape index (κ2) is 16.4. The highest BCUT2D eigenvalue weighted by molar-refractivity contribution is 14.0. The molecule has 0 spiro atoms. The van der Waals surface area contributed by atoms with E-state index >= 15 is 0 Å². The zero-order valence-electron chi connectivity index (χ0n) is 14.5. The van der Waals surface area contributed by atoms with Crippen LogP contribution in [0.4, 0.5) is 0 Å². The average Bonchev–Trinajstić information content (AvgIpc) is 2.97. The predicted octanol–water partition coefficient (Wildman–Crippen LogP) is 3.56. The van der Waals surface area contributed by atoms with Crippen molar-refractivity contribution in [2.24, 2.45) is 4.99 Å². The summed E-state index contributed by atoms with van der Waals surface area (Å²) in [5.41, 5.74) is 0. The van der Waals surface area contributed by atoms with Crippen molar-refractivity contribution in [3.63, 3.8) is 0 Å². The van der Waals surface area contributed by atoms with Gasteiger partial charge in [-0.3, -0.25) is 4.99 Å². The Labute approximate surface area is 171 Å². The number of hydrogen-bond acceptors (Lipinski definition) is 4. The molecule has 1 aromatic heterocycles. The van der Waals surface area contributed by atoms with Crippen molar-refractivity contribution >= 4 is 52.9 Å². The van der Waals surface area contributed by atoms with E-state index < -0.39 is 0 Å². The number of guanidine groups is 1. The minimum absolute atomic E-state index is 0. The molecule has 0 aromatic carbocycles. The molecular weight excluding hydrogens is 461 g/mol. The topological polar surface area (TPSA) is 54.9 Å². The van der Waals surface area contributed by atoms with Crippen molar-refractivity contribution in [1.82, 2.24) is 10.6 Å². The minimum atomic E-state index is 0. The molecule has 0 bridgehead atoms. The number of thiophene rings is 1. The van der Waals surface area contributed by atoms with Gasteiger partial charge >= 0.3 is 0 Å². The zero-order chi connectivity index (χ0) is 16.8. The van der Waals surface area contributed by atoms with Gasteiger partial charge in [-0.1, -0.05) is 24.9 Å². The van der Waals surface area contributed by atoms with Gasteiger partial charge in [-0.15, -0.1) is 35.3 Å². The molecule has 1 heterocycles. The smallest absolute Gasteiger partial charge is 0.191 e. The van der Waals surface area contributed by atoms with Crippen LogP contribution in [0.5, 0.6) is 0 Å². The Kier molecular flexibility index (Phi) is 16.3. The molecule has 0 unspecified atom stereocenters. The Morgan fingerprint density at radius 1 is 1.12 bits per heavy atom. The van der Waals surface area contributed by atoms with Gasteiger partial charge in [-0.2, -0.15) is 0 Å². The van der Waals surface area contributed by atoms with Gasteiger partial charge in [0, 0.05) is 31.6 Å². The summed E-state index contributed by atoms with van der Waals surface area (Å²) in [4.78, 5) is 5.45. The van der Waals surface area contributed by atoms with Crippen LogP contribution in [-0.4, -0.2) is 52.5 Å². The fourth-order valence-corrected chi connectivity index (χ4v) is 2.91. The van der Waals surface area contributed by atoms with E-state index in [0.717, 1.165) is 49.3 Å². The van der Waals surface area contributed by atoms with E-state index in [4.69, 9.17) is 21.1 Å². The molecule has 2 N–H and O–H groups in total. The maximum atomic E-state index is 5.91. The van der Waals surface area contributed by atoms with Gasteiger partial charge < -0.3 is 20.1 Å².